The van der Waals surface area contributed by atoms with Crippen LogP contribution in [0.15, 0.2) is 18.3 Å². The smallest absolute Gasteiger partial charge is 0.136 e. The molecular weight excluding hydrogens is 174 g/mol. The van der Waals surface area contributed by atoms with Crippen molar-refractivity contribution in [3.63, 3.8) is 0 Å². The summed E-state index contributed by atoms with van der Waals surface area (Å²) in [7, 11) is 0. The lowest BCUT2D eigenvalue weighted by Crippen LogP contribution is -2.10. The van der Waals surface area contributed by atoms with E-state index >= 15 is 0 Å². The van der Waals surface area contributed by atoms with E-state index in [-0.39, 0.29) is 5.92 Å². The number of ketones is 1. The van der Waals surface area contributed by atoms with E-state index in [2.05, 4.69) is 11.1 Å². The Labute approximate surface area is 84.4 Å². The number of pyridine rings is 1. The van der Waals surface area contributed by atoms with Crippen molar-refractivity contribution in [2.24, 2.45) is 5.92 Å². The third kappa shape index (κ3) is 1.84. The quantitative estimate of drug-likeness (QED) is 0.714. The molecule has 1 saturated carbocycles. The molecular formula is C12H15NO. The van der Waals surface area contributed by atoms with Crippen LogP contribution in [0, 0.1) is 12.8 Å². The van der Waals surface area contributed by atoms with Gasteiger partial charge in [-0.1, -0.05) is 6.07 Å². The summed E-state index contributed by atoms with van der Waals surface area (Å²) in [5.41, 5.74) is 2.29. The van der Waals surface area contributed by atoms with Crippen LogP contribution >= 0.6 is 0 Å². The summed E-state index contributed by atoms with van der Waals surface area (Å²) in [6.45, 7) is 2.01. The molecule has 0 spiro atoms. The molecule has 1 atom stereocenters. The van der Waals surface area contributed by atoms with E-state index in [9.17, 15) is 4.79 Å². The van der Waals surface area contributed by atoms with E-state index < -0.39 is 0 Å². The monoisotopic (exact) mass is 189 g/mol. The minimum absolute atomic E-state index is 0.262. The van der Waals surface area contributed by atoms with Crippen molar-refractivity contribution in [3.8, 4) is 0 Å². The van der Waals surface area contributed by atoms with Crippen molar-refractivity contribution in [2.75, 3.05) is 0 Å². The van der Waals surface area contributed by atoms with E-state index in [0.29, 0.717) is 5.78 Å². The lowest BCUT2D eigenvalue weighted by Gasteiger charge is -2.09. The van der Waals surface area contributed by atoms with Gasteiger partial charge in [-0.3, -0.25) is 9.78 Å². The van der Waals surface area contributed by atoms with Crippen molar-refractivity contribution in [1.29, 1.82) is 0 Å². The molecule has 0 saturated heterocycles. The number of hydrogen-bond acceptors (Lipinski definition) is 2. The first-order chi connectivity index (χ1) is 6.77. The lowest BCUT2D eigenvalue weighted by atomic mass is 9.96. The molecule has 1 unspecified atom stereocenters. The zero-order valence-electron chi connectivity index (χ0n) is 8.49. The van der Waals surface area contributed by atoms with Crippen LogP contribution in [-0.2, 0) is 11.2 Å². The van der Waals surface area contributed by atoms with E-state index in [4.69, 9.17) is 0 Å². The van der Waals surface area contributed by atoms with Gasteiger partial charge in [0.05, 0.1) is 0 Å². The first-order valence-electron chi connectivity index (χ1n) is 5.20. The zero-order chi connectivity index (χ0) is 9.97. The third-order valence-electron chi connectivity index (χ3n) is 3.01. The SMILES string of the molecule is Cc1ncccc1CC1CCCC1=O. The number of aromatic nitrogens is 1. The van der Waals surface area contributed by atoms with Gasteiger partial charge in [0, 0.05) is 24.2 Å². The number of carbonyl (C=O) groups is 1. The number of hydrogen-bond donors (Lipinski definition) is 0. The maximum Gasteiger partial charge on any atom is 0.136 e. The molecule has 0 radical (unpaired) electrons. The Hall–Kier alpha value is -1.18. The van der Waals surface area contributed by atoms with Gasteiger partial charge < -0.3 is 0 Å². The Morgan fingerprint density at radius 3 is 3.07 bits per heavy atom. The largest absolute Gasteiger partial charge is 0.299 e. The summed E-state index contributed by atoms with van der Waals surface area (Å²) in [5, 5.41) is 0. The summed E-state index contributed by atoms with van der Waals surface area (Å²) in [5.74, 6) is 0.700. The van der Waals surface area contributed by atoms with Crippen LogP contribution in [0.5, 0.6) is 0 Å². The summed E-state index contributed by atoms with van der Waals surface area (Å²) in [6, 6.07) is 4.02. The van der Waals surface area contributed by atoms with Crippen LogP contribution in [0.1, 0.15) is 30.5 Å². The van der Waals surface area contributed by atoms with Gasteiger partial charge in [0.2, 0.25) is 0 Å². The van der Waals surface area contributed by atoms with Crippen LogP contribution in [-0.4, -0.2) is 10.8 Å². The molecule has 1 heterocycles. The normalized spacial score (nSPS) is 21.5. The predicted octanol–water partition coefficient (Wildman–Crippen LogP) is 2.30. The van der Waals surface area contributed by atoms with E-state index in [0.717, 1.165) is 31.4 Å². The van der Waals surface area contributed by atoms with Crippen LogP contribution in [0.3, 0.4) is 0 Å². The molecule has 14 heavy (non-hydrogen) atoms. The molecule has 1 aliphatic rings. The first-order valence-corrected chi connectivity index (χ1v) is 5.20. The van der Waals surface area contributed by atoms with Gasteiger partial charge in [-0.15, -0.1) is 0 Å². The van der Waals surface area contributed by atoms with Gasteiger partial charge in [0.15, 0.2) is 0 Å². The average molecular weight is 189 g/mol. The second-order valence-electron chi connectivity index (χ2n) is 4.01. The van der Waals surface area contributed by atoms with Crippen molar-refractivity contribution >= 4 is 5.78 Å². The second kappa shape index (κ2) is 3.91. The molecule has 1 aromatic rings. The zero-order valence-corrected chi connectivity index (χ0v) is 8.49. The Morgan fingerprint density at radius 2 is 2.43 bits per heavy atom. The molecule has 74 valence electrons. The number of carbonyl (C=O) groups excluding carboxylic acids is 1. The van der Waals surface area contributed by atoms with Gasteiger partial charge in [-0.05, 0) is 37.8 Å². The Balaban J connectivity index is 2.10. The summed E-state index contributed by atoms with van der Waals surface area (Å²) in [4.78, 5) is 15.7. The van der Waals surface area contributed by atoms with Crippen LogP contribution in [0.2, 0.25) is 0 Å². The maximum absolute atomic E-state index is 11.5. The van der Waals surface area contributed by atoms with Crippen molar-refractivity contribution in [3.05, 3.63) is 29.6 Å². The Bertz CT molecular complexity index is 346. The number of Topliss-reactive ketones (excluding diaryl/α,β-unsaturated/α-hetero) is 1. The maximum atomic E-state index is 11.5. The predicted molar refractivity (Wildman–Crippen MR) is 55.0 cm³/mol. The molecule has 0 aliphatic heterocycles. The highest BCUT2D eigenvalue weighted by molar-refractivity contribution is 5.83. The average Bonchev–Trinajstić information content (AvgIpc) is 2.56. The number of nitrogens with zero attached hydrogens (tertiary/aromatic N) is 1. The standard InChI is InChI=1S/C12H15NO/c1-9-10(5-3-7-13-9)8-11-4-2-6-12(11)14/h3,5,7,11H,2,4,6,8H2,1H3. The second-order valence-corrected chi connectivity index (χ2v) is 4.01. The molecule has 0 amide bonds. The molecule has 1 fully saturated rings. The molecule has 2 rings (SSSR count). The highest BCUT2D eigenvalue weighted by Crippen LogP contribution is 2.25. The third-order valence-corrected chi connectivity index (χ3v) is 3.01. The van der Waals surface area contributed by atoms with Crippen molar-refractivity contribution in [2.45, 2.75) is 32.6 Å². The topological polar surface area (TPSA) is 30.0 Å². The number of aryl methyl sites for hydroxylation is 1. The Morgan fingerprint density at radius 1 is 1.57 bits per heavy atom. The fraction of sp³-hybridized carbons (Fsp3) is 0.500. The first kappa shape index (κ1) is 9.38. The van der Waals surface area contributed by atoms with E-state index in [1.165, 1.54) is 5.56 Å². The molecule has 2 heteroatoms. The molecule has 1 aliphatic carbocycles. The molecule has 0 aromatic carbocycles. The summed E-state index contributed by atoms with van der Waals surface area (Å²) < 4.78 is 0. The van der Waals surface area contributed by atoms with Crippen LogP contribution in [0.25, 0.3) is 0 Å². The molecule has 2 nitrogen and oxygen atoms in total. The minimum atomic E-state index is 0.262. The molecule has 0 bridgehead atoms. The summed E-state index contributed by atoms with van der Waals surface area (Å²) >= 11 is 0. The van der Waals surface area contributed by atoms with Gasteiger partial charge in [-0.2, -0.15) is 0 Å². The fourth-order valence-electron chi connectivity index (χ4n) is 2.10. The highest BCUT2D eigenvalue weighted by atomic mass is 16.1. The van der Waals surface area contributed by atoms with Gasteiger partial charge in [0.25, 0.3) is 0 Å². The van der Waals surface area contributed by atoms with Gasteiger partial charge >= 0.3 is 0 Å². The highest BCUT2D eigenvalue weighted by Gasteiger charge is 2.24. The van der Waals surface area contributed by atoms with Crippen LogP contribution in [0.4, 0.5) is 0 Å². The Kier molecular flexibility index (Phi) is 2.62. The molecule has 0 N–H and O–H groups in total. The van der Waals surface area contributed by atoms with Crippen molar-refractivity contribution in [1.82, 2.24) is 4.98 Å². The summed E-state index contributed by atoms with van der Waals surface area (Å²) in [6.07, 6.45) is 5.60. The minimum Gasteiger partial charge on any atom is -0.299 e. The van der Waals surface area contributed by atoms with E-state index in [1.807, 2.05) is 13.0 Å². The molecule has 1 aromatic heterocycles. The van der Waals surface area contributed by atoms with Crippen LogP contribution < -0.4 is 0 Å². The van der Waals surface area contributed by atoms with Gasteiger partial charge in [-0.25, -0.2) is 0 Å². The van der Waals surface area contributed by atoms with Gasteiger partial charge in [0.1, 0.15) is 5.78 Å². The van der Waals surface area contributed by atoms with Crippen molar-refractivity contribution < 1.29 is 4.79 Å². The van der Waals surface area contributed by atoms with E-state index in [1.54, 1.807) is 6.20 Å². The number of rotatable bonds is 2. The fourth-order valence-corrected chi connectivity index (χ4v) is 2.10. The lowest BCUT2D eigenvalue weighted by molar-refractivity contribution is -0.120.